The first kappa shape index (κ1) is 28.8. The number of amides is 3. The van der Waals surface area contributed by atoms with Crippen LogP contribution in [0.2, 0.25) is 0 Å². The van der Waals surface area contributed by atoms with Gasteiger partial charge < -0.3 is 47.0 Å². The summed E-state index contributed by atoms with van der Waals surface area (Å²) in [5.74, 6) is -5.43. The zero-order chi connectivity index (χ0) is 28.5. The lowest BCUT2D eigenvalue weighted by atomic mass is 10.0. The van der Waals surface area contributed by atoms with E-state index >= 15 is 0 Å². The predicted octanol–water partition coefficient (Wildman–Crippen LogP) is -1.99. The Bertz CT molecular complexity index is 1320. The number of carbonyl (C=O) groups excluding carboxylic acids is 3. The van der Waals surface area contributed by atoms with E-state index in [0.717, 1.165) is 10.9 Å². The summed E-state index contributed by atoms with van der Waals surface area (Å²) in [6.07, 6.45) is 3.48. The minimum Gasteiger partial charge on any atom is -0.481 e. The second-order valence-electron chi connectivity index (χ2n) is 8.75. The number of para-hydroxylation sites is 1. The molecule has 4 atom stereocenters. The highest BCUT2D eigenvalue weighted by Crippen LogP contribution is 2.19. The molecule has 3 amide bonds. The van der Waals surface area contributed by atoms with Crippen molar-refractivity contribution in [2.75, 3.05) is 6.61 Å². The van der Waals surface area contributed by atoms with Gasteiger partial charge in [-0.15, -0.1) is 0 Å². The Morgan fingerprint density at radius 2 is 1.56 bits per heavy atom. The van der Waals surface area contributed by atoms with Crippen molar-refractivity contribution in [3.05, 3.63) is 54.2 Å². The van der Waals surface area contributed by atoms with Crippen molar-refractivity contribution in [3.63, 3.8) is 0 Å². The van der Waals surface area contributed by atoms with E-state index in [4.69, 9.17) is 10.8 Å². The largest absolute Gasteiger partial charge is 0.481 e. The molecule has 39 heavy (non-hydrogen) atoms. The van der Waals surface area contributed by atoms with Gasteiger partial charge in [-0.25, -0.2) is 9.78 Å². The molecule has 0 fully saturated rings. The van der Waals surface area contributed by atoms with Gasteiger partial charge in [0, 0.05) is 41.8 Å². The maximum Gasteiger partial charge on any atom is 0.326 e. The number of aliphatic hydroxyl groups is 1. The number of aliphatic hydroxyl groups excluding tert-OH is 1. The second-order valence-corrected chi connectivity index (χ2v) is 8.75. The summed E-state index contributed by atoms with van der Waals surface area (Å²) >= 11 is 0. The van der Waals surface area contributed by atoms with Crippen LogP contribution in [-0.2, 0) is 36.8 Å². The molecule has 2 heterocycles. The number of imidazole rings is 1. The molecule has 0 aliphatic heterocycles. The first-order chi connectivity index (χ1) is 18.6. The number of nitrogens with two attached hydrogens (primary N) is 1. The third-order valence-electron chi connectivity index (χ3n) is 5.87. The minimum absolute atomic E-state index is 0.0723. The summed E-state index contributed by atoms with van der Waals surface area (Å²) in [6, 6.07) is 1.51. The highest BCUT2D eigenvalue weighted by molar-refractivity contribution is 5.95. The topological polar surface area (TPSA) is 253 Å². The lowest BCUT2D eigenvalue weighted by Crippen LogP contribution is -2.58. The van der Waals surface area contributed by atoms with E-state index in [2.05, 4.69) is 30.9 Å². The van der Waals surface area contributed by atoms with Crippen molar-refractivity contribution in [3.8, 4) is 0 Å². The van der Waals surface area contributed by atoms with Gasteiger partial charge in [-0.2, -0.15) is 0 Å². The number of nitrogens with zero attached hydrogens (tertiary/aromatic N) is 1. The second kappa shape index (κ2) is 13.2. The van der Waals surface area contributed by atoms with Gasteiger partial charge in [0.1, 0.15) is 18.1 Å². The van der Waals surface area contributed by atoms with Crippen LogP contribution in [0.3, 0.4) is 0 Å². The maximum atomic E-state index is 13.0. The number of carbonyl (C=O) groups is 5. The Kier molecular flexibility index (Phi) is 9.72. The van der Waals surface area contributed by atoms with Gasteiger partial charge in [0.05, 0.1) is 25.4 Å². The lowest BCUT2D eigenvalue weighted by Gasteiger charge is -2.24. The summed E-state index contributed by atoms with van der Waals surface area (Å²) < 4.78 is 0. The van der Waals surface area contributed by atoms with E-state index in [1.54, 1.807) is 18.3 Å². The number of fused-ring (bicyclic) bond motifs is 1. The molecule has 0 saturated carbocycles. The molecule has 0 spiro atoms. The fourth-order valence-electron chi connectivity index (χ4n) is 3.84. The standard InChI is InChI=1S/C24H29N7O8/c25-15(7-20(33)34)21(35)29-17(6-13-9-26-11-28-13)22(36)31-19(10-32)23(37)30-18(24(38)39)5-12-8-27-16-4-2-1-3-14(12)16/h1-4,8-9,11,15,17-19,27,32H,5-7,10,25H2,(H,26,28)(H,29,35)(H,30,37)(H,31,36)(H,33,34)(H,38,39). The van der Waals surface area contributed by atoms with Gasteiger partial charge in [-0.05, 0) is 11.6 Å². The van der Waals surface area contributed by atoms with Crippen LogP contribution in [0, 0.1) is 0 Å². The number of hydrogen-bond acceptors (Lipinski definition) is 8. The van der Waals surface area contributed by atoms with Crippen LogP contribution in [0.4, 0.5) is 0 Å². The number of H-pyrrole nitrogens is 2. The molecule has 0 aliphatic rings. The highest BCUT2D eigenvalue weighted by atomic mass is 16.4. The van der Waals surface area contributed by atoms with E-state index < -0.39 is 66.9 Å². The summed E-state index contributed by atoms with van der Waals surface area (Å²) in [5.41, 5.74) is 7.44. The molecular weight excluding hydrogens is 514 g/mol. The molecule has 0 saturated heterocycles. The molecule has 0 bridgehead atoms. The van der Waals surface area contributed by atoms with E-state index in [-0.39, 0.29) is 12.8 Å². The third-order valence-corrected chi connectivity index (χ3v) is 5.87. The monoisotopic (exact) mass is 543 g/mol. The number of aromatic amines is 2. The van der Waals surface area contributed by atoms with Gasteiger partial charge in [0.25, 0.3) is 0 Å². The highest BCUT2D eigenvalue weighted by Gasteiger charge is 2.31. The van der Waals surface area contributed by atoms with E-state index in [1.807, 2.05) is 12.1 Å². The molecule has 10 N–H and O–H groups in total. The van der Waals surface area contributed by atoms with Crippen LogP contribution in [0.5, 0.6) is 0 Å². The fourth-order valence-corrected chi connectivity index (χ4v) is 3.84. The van der Waals surface area contributed by atoms with Crippen LogP contribution in [0.15, 0.2) is 43.0 Å². The van der Waals surface area contributed by atoms with Gasteiger partial charge in [0.2, 0.25) is 17.7 Å². The Hall–Kier alpha value is -4.76. The van der Waals surface area contributed by atoms with Crippen LogP contribution < -0.4 is 21.7 Å². The van der Waals surface area contributed by atoms with Crippen LogP contribution in [0.25, 0.3) is 10.9 Å². The van der Waals surface area contributed by atoms with Crippen LogP contribution in [0.1, 0.15) is 17.7 Å². The fraction of sp³-hybridized carbons (Fsp3) is 0.333. The molecule has 15 heteroatoms. The summed E-state index contributed by atoms with van der Waals surface area (Å²) in [7, 11) is 0. The van der Waals surface area contributed by atoms with Gasteiger partial charge in [-0.3, -0.25) is 19.2 Å². The zero-order valence-corrected chi connectivity index (χ0v) is 20.6. The number of rotatable bonds is 14. The van der Waals surface area contributed by atoms with Crippen molar-refractivity contribution in [1.29, 1.82) is 0 Å². The molecule has 0 radical (unpaired) electrons. The number of carboxylic acids is 2. The Morgan fingerprint density at radius 3 is 2.21 bits per heavy atom. The molecule has 4 unspecified atom stereocenters. The van der Waals surface area contributed by atoms with Crippen LogP contribution >= 0.6 is 0 Å². The van der Waals surface area contributed by atoms with E-state index in [0.29, 0.717) is 11.3 Å². The van der Waals surface area contributed by atoms with Gasteiger partial charge >= 0.3 is 11.9 Å². The van der Waals surface area contributed by atoms with Crippen molar-refractivity contribution in [2.24, 2.45) is 5.73 Å². The molecule has 3 rings (SSSR count). The number of hydrogen-bond donors (Lipinski definition) is 9. The van der Waals surface area contributed by atoms with Crippen molar-refractivity contribution < 1.29 is 39.3 Å². The molecule has 208 valence electrons. The number of benzene rings is 1. The first-order valence-electron chi connectivity index (χ1n) is 11.8. The normalized spacial score (nSPS) is 14.1. The summed E-state index contributed by atoms with van der Waals surface area (Å²) in [4.78, 5) is 70.6. The SMILES string of the molecule is NC(CC(=O)O)C(=O)NC(Cc1cnc[nH]1)C(=O)NC(CO)C(=O)NC(Cc1c[nH]c2ccccc12)C(=O)O. The zero-order valence-electron chi connectivity index (χ0n) is 20.6. The minimum atomic E-state index is -1.56. The number of carboxylic acid groups (broad SMARTS) is 2. The van der Waals surface area contributed by atoms with Crippen molar-refractivity contribution >= 4 is 40.6 Å². The molecule has 0 aliphatic carbocycles. The van der Waals surface area contributed by atoms with Crippen LogP contribution in [-0.4, -0.2) is 90.7 Å². The molecule has 3 aromatic rings. The van der Waals surface area contributed by atoms with Crippen molar-refractivity contribution in [2.45, 2.75) is 43.4 Å². The maximum absolute atomic E-state index is 13.0. The quantitative estimate of drug-likeness (QED) is 0.108. The molecule has 1 aromatic carbocycles. The molecule has 2 aromatic heterocycles. The molecular formula is C24H29N7O8. The van der Waals surface area contributed by atoms with Gasteiger partial charge in [-0.1, -0.05) is 18.2 Å². The average Bonchev–Trinajstić information content (AvgIpc) is 3.55. The lowest BCUT2D eigenvalue weighted by molar-refractivity contribution is -0.142. The summed E-state index contributed by atoms with van der Waals surface area (Å²) in [6.45, 7) is -0.875. The van der Waals surface area contributed by atoms with Crippen molar-refractivity contribution in [1.82, 2.24) is 30.9 Å². The summed E-state index contributed by atoms with van der Waals surface area (Å²) in [5, 5.41) is 36.1. The van der Waals surface area contributed by atoms with E-state index in [9.17, 15) is 34.2 Å². The first-order valence-corrected chi connectivity index (χ1v) is 11.8. The molecule has 15 nitrogen and oxygen atoms in total. The number of nitrogens with one attached hydrogen (secondary N) is 5. The predicted molar refractivity (Wildman–Crippen MR) is 135 cm³/mol. The number of aromatic nitrogens is 3. The van der Waals surface area contributed by atoms with E-state index in [1.165, 1.54) is 12.5 Å². The van der Waals surface area contributed by atoms with Gasteiger partial charge in [0.15, 0.2) is 0 Å². The Labute approximate surface area is 221 Å². The number of aliphatic carboxylic acids is 2. The Morgan fingerprint density at radius 1 is 0.897 bits per heavy atom. The third kappa shape index (κ3) is 7.86. The average molecular weight is 544 g/mol. The smallest absolute Gasteiger partial charge is 0.326 e. The Balaban J connectivity index is 1.70.